The van der Waals surface area contributed by atoms with Crippen LogP contribution in [0.5, 0.6) is 11.5 Å². The lowest BCUT2D eigenvalue weighted by Crippen LogP contribution is -2.48. The van der Waals surface area contributed by atoms with Crippen LogP contribution in [0.2, 0.25) is 0 Å². The number of nitrogens with zero attached hydrogens (tertiary/aromatic N) is 2. The highest BCUT2D eigenvalue weighted by Gasteiger charge is 2.41. The third kappa shape index (κ3) is 4.06. The van der Waals surface area contributed by atoms with Crippen molar-refractivity contribution < 1.29 is 14.1 Å². The van der Waals surface area contributed by atoms with Crippen molar-refractivity contribution >= 4 is 24.3 Å². The topological polar surface area (TPSA) is 94.5 Å². The second-order valence-electron chi connectivity index (χ2n) is 8.16. The fraction of sp³-hybridized carbons (Fsp3) is 0.292. The predicted molar refractivity (Wildman–Crippen MR) is 126 cm³/mol. The number of fused-ring (bicyclic) bond motifs is 2. The summed E-state index contributed by atoms with van der Waals surface area (Å²) >= 11 is 0. The van der Waals surface area contributed by atoms with Gasteiger partial charge in [-0.3, -0.25) is 14.2 Å². The van der Waals surface area contributed by atoms with Crippen molar-refractivity contribution in [3.05, 3.63) is 76.3 Å². The molecule has 2 aromatic carbocycles. The Labute approximate surface area is 192 Å². The highest BCUT2D eigenvalue weighted by molar-refractivity contribution is 6.64. The molecule has 33 heavy (non-hydrogen) atoms. The molecule has 1 unspecified atom stereocenters. The first-order chi connectivity index (χ1) is 16.2. The van der Waals surface area contributed by atoms with Gasteiger partial charge in [0.15, 0.2) is 0 Å². The number of rotatable bonds is 7. The highest BCUT2D eigenvalue weighted by atomic mass is 16.6. The zero-order valence-electron chi connectivity index (χ0n) is 18.4. The van der Waals surface area contributed by atoms with Gasteiger partial charge < -0.3 is 19.9 Å². The summed E-state index contributed by atoms with van der Waals surface area (Å²) in [6.07, 6.45) is 1.90. The Kier molecular flexibility index (Phi) is 5.77. The minimum Gasteiger partial charge on any atom is -0.518 e. The molecule has 168 valence electrons. The van der Waals surface area contributed by atoms with E-state index < -0.39 is 13.2 Å². The number of nitrogens with one attached hydrogen (secondary N) is 2. The van der Waals surface area contributed by atoms with Crippen LogP contribution in [0, 0.1) is 0 Å². The minimum absolute atomic E-state index is 0.151. The molecule has 8 nitrogen and oxygen atoms in total. The zero-order chi connectivity index (χ0) is 22.8. The van der Waals surface area contributed by atoms with E-state index in [1.165, 1.54) is 4.57 Å². The molecule has 0 saturated carbocycles. The fourth-order valence-corrected chi connectivity index (χ4v) is 4.24. The summed E-state index contributed by atoms with van der Waals surface area (Å²) in [5.74, 6) is 1.63. The van der Waals surface area contributed by atoms with Crippen molar-refractivity contribution in [2.24, 2.45) is 0 Å². The molecule has 0 spiro atoms. The SMILES string of the molecule is CCCNC(=O)C1CCc2nc(B3Oc4ccccc4O3)c(NCc3ccccc3)c(=O)n21. The maximum atomic E-state index is 13.7. The number of anilines is 1. The van der Waals surface area contributed by atoms with E-state index in [2.05, 4.69) is 10.6 Å². The molecular weight excluding hydrogens is 419 g/mol. The van der Waals surface area contributed by atoms with Crippen LogP contribution in [0.3, 0.4) is 0 Å². The van der Waals surface area contributed by atoms with Crippen LogP contribution in [-0.4, -0.2) is 29.1 Å². The molecule has 3 heterocycles. The van der Waals surface area contributed by atoms with Crippen LogP contribution >= 0.6 is 0 Å². The van der Waals surface area contributed by atoms with Crippen LogP contribution in [0.25, 0.3) is 0 Å². The molecule has 0 bridgehead atoms. The lowest BCUT2D eigenvalue weighted by Gasteiger charge is -2.18. The Morgan fingerprint density at radius 2 is 1.82 bits per heavy atom. The molecule has 2 aliphatic heterocycles. The molecule has 3 aromatic rings. The molecule has 1 amide bonds. The maximum absolute atomic E-state index is 13.7. The summed E-state index contributed by atoms with van der Waals surface area (Å²) in [4.78, 5) is 31.2. The van der Waals surface area contributed by atoms with Crippen LogP contribution in [0.15, 0.2) is 59.4 Å². The zero-order valence-corrected chi connectivity index (χ0v) is 18.4. The van der Waals surface area contributed by atoms with E-state index >= 15 is 0 Å². The number of carbonyl (C=O) groups excluding carboxylic acids is 1. The molecular formula is C24H25BN4O4. The monoisotopic (exact) mass is 444 g/mol. The average Bonchev–Trinajstić information content (AvgIpc) is 3.47. The first-order valence-electron chi connectivity index (χ1n) is 11.3. The van der Waals surface area contributed by atoms with E-state index in [0.717, 1.165) is 12.0 Å². The van der Waals surface area contributed by atoms with E-state index in [4.69, 9.17) is 14.3 Å². The van der Waals surface area contributed by atoms with E-state index in [1.54, 1.807) is 0 Å². The molecule has 1 aromatic heterocycles. The summed E-state index contributed by atoms with van der Waals surface area (Å²) in [6.45, 7) is 3.00. The second-order valence-corrected chi connectivity index (χ2v) is 8.16. The number of hydrogen-bond acceptors (Lipinski definition) is 6. The molecule has 9 heteroatoms. The Hall–Kier alpha value is -3.75. The largest absolute Gasteiger partial charge is 0.655 e. The van der Waals surface area contributed by atoms with Gasteiger partial charge in [-0.25, -0.2) is 4.98 Å². The van der Waals surface area contributed by atoms with Gasteiger partial charge in [0.25, 0.3) is 5.56 Å². The van der Waals surface area contributed by atoms with Gasteiger partial charge in [-0.05, 0) is 30.5 Å². The van der Waals surface area contributed by atoms with Gasteiger partial charge >= 0.3 is 7.12 Å². The lowest BCUT2D eigenvalue weighted by atomic mass is 9.83. The third-order valence-corrected chi connectivity index (χ3v) is 5.87. The summed E-state index contributed by atoms with van der Waals surface area (Å²) in [5.41, 5.74) is 1.41. The van der Waals surface area contributed by atoms with Crippen molar-refractivity contribution in [3.63, 3.8) is 0 Å². The number of aryl methyl sites for hydroxylation is 1. The average molecular weight is 444 g/mol. The predicted octanol–water partition coefficient (Wildman–Crippen LogP) is 2.04. The van der Waals surface area contributed by atoms with Gasteiger partial charge in [-0.15, -0.1) is 0 Å². The molecule has 1 atom stereocenters. The van der Waals surface area contributed by atoms with Crippen molar-refractivity contribution in [3.8, 4) is 11.5 Å². The van der Waals surface area contributed by atoms with Gasteiger partial charge in [-0.1, -0.05) is 49.4 Å². The van der Waals surface area contributed by atoms with Crippen LogP contribution < -0.4 is 31.1 Å². The molecule has 5 rings (SSSR count). The van der Waals surface area contributed by atoms with Crippen molar-refractivity contribution in [1.82, 2.24) is 14.9 Å². The first kappa shape index (κ1) is 21.1. The summed E-state index contributed by atoms with van der Waals surface area (Å²) < 4.78 is 13.5. The van der Waals surface area contributed by atoms with Crippen molar-refractivity contribution in [1.29, 1.82) is 0 Å². The number of amides is 1. The smallest absolute Gasteiger partial charge is 0.518 e. The van der Waals surface area contributed by atoms with E-state index in [-0.39, 0.29) is 17.2 Å². The number of para-hydroxylation sites is 2. The normalized spacial score (nSPS) is 15.9. The summed E-state index contributed by atoms with van der Waals surface area (Å²) in [7, 11) is -0.841. The number of carbonyl (C=O) groups is 1. The van der Waals surface area contributed by atoms with Gasteiger partial charge in [-0.2, -0.15) is 0 Å². The molecule has 2 N–H and O–H groups in total. The molecule has 0 saturated heterocycles. The van der Waals surface area contributed by atoms with Crippen molar-refractivity contribution in [2.45, 2.75) is 38.8 Å². The highest BCUT2D eigenvalue weighted by Crippen LogP contribution is 2.33. The van der Waals surface area contributed by atoms with Crippen LogP contribution in [0.1, 0.15) is 37.2 Å². The number of benzene rings is 2. The Morgan fingerprint density at radius 3 is 2.52 bits per heavy atom. The third-order valence-electron chi connectivity index (χ3n) is 5.87. The van der Waals surface area contributed by atoms with Crippen LogP contribution in [-0.2, 0) is 17.8 Å². The minimum atomic E-state index is -0.841. The van der Waals surface area contributed by atoms with Gasteiger partial charge in [0.1, 0.15) is 34.6 Å². The van der Waals surface area contributed by atoms with E-state index in [1.807, 2.05) is 61.5 Å². The van der Waals surface area contributed by atoms with Crippen molar-refractivity contribution in [2.75, 3.05) is 11.9 Å². The summed E-state index contributed by atoms with van der Waals surface area (Å²) in [5, 5.41) is 6.15. The van der Waals surface area contributed by atoms with E-state index in [0.29, 0.717) is 48.8 Å². The van der Waals surface area contributed by atoms with Crippen LogP contribution in [0.4, 0.5) is 5.69 Å². The standard InChI is InChI=1S/C24H25BN4O4/c1-2-14-26-23(30)17-12-13-20-28-22(25-32-18-10-6-7-11-19(18)33-25)21(24(31)29(17)20)27-15-16-8-4-3-5-9-16/h3-11,17,27H,2,12-15H2,1H3,(H,26,30). The lowest BCUT2D eigenvalue weighted by molar-refractivity contribution is -0.124. The first-order valence-corrected chi connectivity index (χ1v) is 11.3. The summed E-state index contributed by atoms with van der Waals surface area (Å²) in [6, 6.07) is 16.6. The number of hydrogen-bond donors (Lipinski definition) is 2. The second kappa shape index (κ2) is 9.01. The molecule has 0 radical (unpaired) electrons. The molecule has 0 fully saturated rings. The Balaban J connectivity index is 1.52. The quantitative estimate of drug-likeness (QED) is 0.542. The number of aromatic nitrogens is 2. The fourth-order valence-electron chi connectivity index (χ4n) is 4.24. The van der Waals surface area contributed by atoms with Gasteiger partial charge in [0.2, 0.25) is 5.91 Å². The Bertz CT molecular complexity index is 1210. The van der Waals surface area contributed by atoms with E-state index in [9.17, 15) is 9.59 Å². The van der Waals surface area contributed by atoms with Gasteiger partial charge in [0, 0.05) is 19.5 Å². The Morgan fingerprint density at radius 1 is 1.12 bits per heavy atom. The van der Waals surface area contributed by atoms with Gasteiger partial charge in [0.05, 0.1) is 0 Å². The molecule has 0 aliphatic carbocycles. The maximum Gasteiger partial charge on any atom is 0.655 e. The molecule has 2 aliphatic rings.